The van der Waals surface area contributed by atoms with Gasteiger partial charge in [-0.15, -0.1) is 0 Å². The maximum atomic E-state index is 13.8. The first-order chi connectivity index (χ1) is 12.4. The van der Waals surface area contributed by atoms with Gasteiger partial charge in [0.1, 0.15) is 16.5 Å². The minimum atomic E-state index is -3.73. The second-order valence-corrected chi connectivity index (χ2v) is 7.72. The van der Waals surface area contributed by atoms with Crippen LogP contribution < -0.4 is 4.72 Å². The molecule has 136 valence electrons. The van der Waals surface area contributed by atoms with E-state index in [4.69, 9.17) is 16.0 Å². The number of aromatic nitrogens is 1. The summed E-state index contributed by atoms with van der Waals surface area (Å²) in [5.74, 6) is 0.254. The van der Waals surface area contributed by atoms with Crippen LogP contribution in [0.1, 0.15) is 11.5 Å². The Morgan fingerprint density at radius 3 is 2.58 bits per heavy atom. The van der Waals surface area contributed by atoms with Crippen molar-refractivity contribution in [1.82, 2.24) is 9.71 Å². The van der Waals surface area contributed by atoms with Crippen molar-refractivity contribution < 1.29 is 17.2 Å². The summed E-state index contributed by atoms with van der Waals surface area (Å²) < 4.78 is 46.5. The van der Waals surface area contributed by atoms with E-state index in [0.29, 0.717) is 17.9 Å². The third-order valence-electron chi connectivity index (χ3n) is 3.78. The summed E-state index contributed by atoms with van der Waals surface area (Å²) in [7, 11) is -3.73. The van der Waals surface area contributed by atoms with Crippen LogP contribution in [0.2, 0.25) is 5.02 Å². The summed E-state index contributed by atoms with van der Waals surface area (Å²) in [6.45, 7) is 1.81. The van der Waals surface area contributed by atoms with Gasteiger partial charge in [-0.25, -0.2) is 22.5 Å². The van der Waals surface area contributed by atoms with Crippen LogP contribution in [-0.4, -0.2) is 19.9 Å². The van der Waals surface area contributed by atoms with E-state index in [2.05, 4.69) is 9.71 Å². The third-order valence-corrected chi connectivity index (χ3v) is 5.74. The highest BCUT2D eigenvalue weighted by atomic mass is 35.5. The molecule has 0 aliphatic rings. The lowest BCUT2D eigenvalue weighted by atomic mass is 10.2. The molecule has 2 aromatic carbocycles. The average Bonchev–Trinajstić information content (AvgIpc) is 2.96. The van der Waals surface area contributed by atoms with E-state index < -0.39 is 15.8 Å². The molecule has 8 heteroatoms. The van der Waals surface area contributed by atoms with Gasteiger partial charge in [-0.1, -0.05) is 35.9 Å². The molecule has 0 fully saturated rings. The van der Waals surface area contributed by atoms with E-state index in [1.165, 1.54) is 18.2 Å². The monoisotopic (exact) mass is 394 g/mol. The van der Waals surface area contributed by atoms with Crippen LogP contribution in [0.15, 0.2) is 57.8 Å². The first-order valence-electron chi connectivity index (χ1n) is 7.84. The molecule has 1 N–H and O–H groups in total. The van der Waals surface area contributed by atoms with Crippen molar-refractivity contribution in [3.8, 4) is 11.5 Å². The van der Waals surface area contributed by atoms with Crippen LogP contribution in [-0.2, 0) is 16.4 Å². The molecule has 0 aliphatic heterocycles. The largest absolute Gasteiger partial charge is 0.441 e. The Morgan fingerprint density at radius 2 is 1.85 bits per heavy atom. The standard InChI is InChI=1S/C18H16ClFN2O3S/c1-12-16(22-18(25-12)13-6-2-4-8-15(13)20)10-11-21-26(23,24)17-9-5-3-7-14(17)19/h2-9,21H,10-11H2,1H3. The molecule has 0 atom stereocenters. The van der Waals surface area contributed by atoms with Crippen LogP contribution in [0.3, 0.4) is 0 Å². The lowest BCUT2D eigenvalue weighted by Gasteiger charge is -2.07. The van der Waals surface area contributed by atoms with Crippen molar-refractivity contribution in [3.05, 3.63) is 70.8 Å². The first kappa shape index (κ1) is 18.6. The van der Waals surface area contributed by atoms with Gasteiger partial charge in [-0.05, 0) is 31.2 Å². The second-order valence-electron chi connectivity index (χ2n) is 5.58. The SMILES string of the molecule is Cc1oc(-c2ccccc2F)nc1CCNS(=O)(=O)c1ccccc1Cl. The van der Waals surface area contributed by atoms with Crippen LogP contribution in [0.4, 0.5) is 4.39 Å². The molecular formula is C18H16ClFN2O3S. The predicted octanol–water partition coefficient (Wildman–Crippen LogP) is 3.96. The van der Waals surface area contributed by atoms with E-state index >= 15 is 0 Å². The molecule has 0 saturated heterocycles. The molecule has 0 unspecified atom stereocenters. The highest BCUT2D eigenvalue weighted by molar-refractivity contribution is 7.89. The van der Waals surface area contributed by atoms with Gasteiger partial charge in [0.05, 0.1) is 16.3 Å². The number of nitrogens with zero attached hydrogens (tertiary/aromatic N) is 1. The number of rotatable bonds is 6. The van der Waals surface area contributed by atoms with E-state index in [0.717, 1.165) is 0 Å². The molecule has 0 radical (unpaired) electrons. The number of oxazole rings is 1. The topological polar surface area (TPSA) is 72.2 Å². The Morgan fingerprint density at radius 1 is 1.15 bits per heavy atom. The summed E-state index contributed by atoms with van der Waals surface area (Å²) in [5.41, 5.74) is 0.823. The number of benzene rings is 2. The summed E-state index contributed by atoms with van der Waals surface area (Å²) in [6.07, 6.45) is 0.299. The van der Waals surface area contributed by atoms with Crippen molar-refractivity contribution in [2.75, 3.05) is 6.54 Å². The fourth-order valence-electron chi connectivity index (χ4n) is 2.45. The number of sulfonamides is 1. The summed E-state index contributed by atoms with van der Waals surface area (Å²) in [5, 5.41) is 0.152. The molecule has 0 aliphatic carbocycles. The van der Waals surface area contributed by atoms with E-state index in [9.17, 15) is 12.8 Å². The van der Waals surface area contributed by atoms with Gasteiger partial charge < -0.3 is 4.42 Å². The minimum Gasteiger partial charge on any atom is -0.441 e. The average molecular weight is 395 g/mol. The molecule has 5 nitrogen and oxygen atoms in total. The fourth-order valence-corrected chi connectivity index (χ4v) is 4.00. The predicted molar refractivity (Wildman–Crippen MR) is 97.0 cm³/mol. The molecule has 3 aromatic rings. The van der Waals surface area contributed by atoms with Crippen molar-refractivity contribution in [3.63, 3.8) is 0 Å². The number of halogens is 2. The zero-order chi connectivity index (χ0) is 18.7. The van der Waals surface area contributed by atoms with E-state index in [1.54, 1.807) is 37.3 Å². The molecular weight excluding hydrogens is 379 g/mol. The van der Waals surface area contributed by atoms with Crippen LogP contribution in [0.5, 0.6) is 0 Å². The van der Waals surface area contributed by atoms with Crippen LogP contribution >= 0.6 is 11.6 Å². The van der Waals surface area contributed by atoms with Crippen molar-refractivity contribution in [1.29, 1.82) is 0 Å². The number of aryl methyl sites for hydroxylation is 1. The Balaban J connectivity index is 1.71. The maximum Gasteiger partial charge on any atom is 0.242 e. The highest BCUT2D eigenvalue weighted by Crippen LogP contribution is 2.24. The van der Waals surface area contributed by atoms with Gasteiger partial charge >= 0.3 is 0 Å². The highest BCUT2D eigenvalue weighted by Gasteiger charge is 2.18. The zero-order valence-electron chi connectivity index (χ0n) is 13.9. The van der Waals surface area contributed by atoms with Gasteiger partial charge in [0.25, 0.3) is 0 Å². The Labute approximate surface area is 155 Å². The molecule has 1 heterocycles. The molecule has 1 aromatic heterocycles. The van der Waals surface area contributed by atoms with Gasteiger partial charge in [-0.3, -0.25) is 0 Å². The number of nitrogens with one attached hydrogen (secondary N) is 1. The van der Waals surface area contributed by atoms with E-state index in [1.807, 2.05) is 0 Å². The minimum absolute atomic E-state index is 0.0191. The molecule has 0 amide bonds. The molecule has 0 spiro atoms. The van der Waals surface area contributed by atoms with Gasteiger partial charge in [0.15, 0.2) is 0 Å². The second kappa shape index (κ2) is 7.57. The van der Waals surface area contributed by atoms with Gasteiger partial charge in [0, 0.05) is 13.0 Å². The van der Waals surface area contributed by atoms with Gasteiger partial charge in [-0.2, -0.15) is 0 Å². The number of hydrogen-bond acceptors (Lipinski definition) is 4. The van der Waals surface area contributed by atoms with Crippen molar-refractivity contribution in [2.24, 2.45) is 0 Å². The zero-order valence-corrected chi connectivity index (χ0v) is 15.4. The summed E-state index contributed by atoms with van der Waals surface area (Å²) >= 11 is 5.93. The molecule has 26 heavy (non-hydrogen) atoms. The normalized spacial score (nSPS) is 11.7. The quantitative estimate of drug-likeness (QED) is 0.686. The fraction of sp³-hybridized carbons (Fsp3) is 0.167. The first-order valence-corrected chi connectivity index (χ1v) is 9.70. The maximum absolute atomic E-state index is 13.8. The van der Waals surface area contributed by atoms with E-state index in [-0.39, 0.29) is 27.9 Å². The van der Waals surface area contributed by atoms with Crippen LogP contribution in [0, 0.1) is 12.7 Å². The van der Waals surface area contributed by atoms with Crippen molar-refractivity contribution in [2.45, 2.75) is 18.2 Å². The lowest BCUT2D eigenvalue weighted by Crippen LogP contribution is -2.26. The summed E-state index contributed by atoms with van der Waals surface area (Å²) in [6, 6.07) is 12.4. The molecule has 0 bridgehead atoms. The Kier molecular flexibility index (Phi) is 5.41. The molecule has 3 rings (SSSR count). The van der Waals surface area contributed by atoms with Crippen molar-refractivity contribution >= 4 is 21.6 Å². The Hall–Kier alpha value is -2.22. The molecule has 0 saturated carbocycles. The Bertz CT molecular complexity index is 1030. The smallest absolute Gasteiger partial charge is 0.242 e. The summed E-state index contributed by atoms with van der Waals surface area (Å²) in [4.78, 5) is 4.30. The lowest BCUT2D eigenvalue weighted by molar-refractivity contribution is 0.531. The van der Waals surface area contributed by atoms with Gasteiger partial charge in [0.2, 0.25) is 15.9 Å². The van der Waals surface area contributed by atoms with Crippen LogP contribution in [0.25, 0.3) is 11.5 Å². The third kappa shape index (κ3) is 3.95. The number of hydrogen-bond donors (Lipinski definition) is 1.